The van der Waals surface area contributed by atoms with Crippen molar-refractivity contribution in [2.75, 3.05) is 5.84 Å². The van der Waals surface area contributed by atoms with Crippen LogP contribution in [-0.4, -0.2) is 14.9 Å². The highest BCUT2D eigenvalue weighted by Gasteiger charge is 1.79. The molecule has 0 atom stereocenters. The fourth-order valence-corrected chi connectivity index (χ4v) is 0.295. The predicted molar refractivity (Wildman–Crippen MR) is 26.4 cm³/mol. The monoisotopic (exact) mass is 112 g/mol. The van der Waals surface area contributed by atoms with Gasteiger partial charge in [-0.2, -0.15) is 14.9 Å². The van der Waals surface area contributed by atoms with Gasteiger partial charge in [-0.25, -0.2) is 0 Å². The van der Waals surface area contributed by atoms with Gasteiger partial charge in [0.2, 0.25) is 0 Å². The Hall–Kier alpha value is -1.39. The molecular formula is C3H4N4O. The molecule has 0 bridgehead atoms. The Morgan fingerprint density at radius 3 is 2.88 bits per heavy atom. The van der Waals surface area contributed by atoms with Crippen LogP contribution in [0, 0.1) is 0 Å². The van der Waals surface area contributed by atoms with Crippen molar-refractivity contribution in [3.8, 4) is 0 Å². The first-order valence-corrected chi connectivity index (χ1v) is 1.95. The summed E-state index contributed by atoms with van der Waals surface area (Å²) in [6.45, 7) is 0. The lowest BCUT2D eigenvalue weighted by molar-refractivity contribution is 0.754. The number of hydrogen-bond donors (Lipinski definition) is 1. The summed E-state index contributed by atoms with van der Waals surface area (Å²) < 4.78 is 0. The quantitative estimate of drug-likeness (QED) is 0.408. The molecule has 2 N–H and O–H groups in total. The number of aromatic nitrogens is 3. The molecule has 1 aromatic rings. The Morgan fingerprint density at radius 1 is 1.75 bits per heavy atom. The van der Waals surface area contributed by atoms with Gasteiger partial charge in [0.1, 0.15) is 12.5 Å². The second kappa shape index (κ2) is 1.61. The van der Waals surface area contributed by atoms with Gasteiger partial charge in [-0.15, -0.1) is 0 Å². The van der Waals surface area contributed by atoms with Gasteiger partial charge >= 0.3 is 0 Å². The van der Waals surface area contributed by atoms with Crippen LogP contribution in [0.2, 0.25) is 0 Å². The molecule has 0 fully saturated rings. The fraction of sp³-hybridized carbons (Fsp3) is 0. The van der Waals surface area contributed by atoms with Crippen LogP contribution in [0.15, 0.2) is 17.3 Å². The third-order valence-electron chi connectivity index (χ3n) is 0.605. The molecule has 42 valence electrons. The highest BCUT2D eigenvalue weighted by molar-refractivity contribution is 4.66. The third kappa shape index (κ3) is 0.810. The van der Waals surface area contributed by atoms with E-state index in [1.165, 1.54) is 0 Å². The van der Waals surface area contributed by atoms with Gasteiger partial charge in [-0.05, 0) is 0 Å². The molecule has 0 amide bonds. The Bertz CT molecular complexity index is 208. The van der Waals surface area contributed by atoms with E-state index >= 15 is 0 Å². The molecule has 0 unspecified atom stereocenters. The predicted octanol–water partition coefficient (Wildman–Crippen LogP) is -1.65. The third-order valence-corrected chi connectivity index (χ3v) is 0.605. The molecule has 0 saturated heterocycles. The molecular weight excluding hydrogens is 108 g/mol. The van der Waals surface area contributed by atoms with Crippen molar-refractivity contribution in [3.63, 3.8) is 0 Å². The largest absolute Gasteiger partial charge is 0.322 e. The Kier molecular flexibility index (Phi) is 0.957. The van der Waals surface area contributed by atoms with Crippen LogP contribution in [0.5, 0.6) is 0 Å². The van der Waals surface area contributed by atoms with E-state index in [1.807, 2.05) is 0 Å². The normalized spacial score (nSPS) is 9.00. The molecule has 0 saturated carbocycles. The van der Waals surface area contributed by atoms with Crippen LogP contribution < -0.4 is 11.4 Å². The molecule has 8 heavy (non-hydrogen) atoms. The highest BCUT2D eigenvalue weighted by Crippen LogP contribution is 1.55. The molecule has 0 aromatic carbocycles. The molecule has 5 nitrogen and oxygen atoms in total. The smallest absolute Gasteiger partial charge is 0.291 e. The summed E-state index contributed by atoms with van der Waals surface area (Å²) in [4.78, 5) is 14.4. The van der Waals surface area contributed by atoms with E-state index in [-0.39, 0.29) is 5.56 Å². The van der Waals surface area contributed by atoms with Gasteiger partial charge in [-0.3, -0.25) is 4.79 Å². The molecule has 1 rings (SSSR count). The van der Waals surface area contributed by atoms with Gasteiger partial charge in [0.15, 0.2) is 0 Å². The summed E-state index contributed by atoms with van der Waals surface area (Å²) in [7, 11) is 0. The van der Waals surface area contributed by atoms with Crippen LogP contribution in [0.4, 0.5) is 0 Å². The zero-order valence-corrected chi connectivity index (χ0v) is 3.98. The maximum absolute atomic E-state index is 10.2. The summed E-state index contributed by atoms with van der Waals surface area (Å²) in [6.07, 6.45) is 2.18. The highest BCUT2D eigenvalue weighted by atomic mass is 16.1. The second-order valence-electron chi connectivity index (χ2n) is 1.21. The van der Waals surface area contributed by atoms with E-state index < -0.39 is 0 Å². The SMILES string of the molecule is Nn1cnc(=O)cn1. The van der Waals surface area contributed by atoms with Crippen LogP contribution in [-0.2, 0) is 0 Å². The minimum Gasteiger partial charge on any atom is -0.322 e. The molecule has 0 aliphatic carbocycles. The van der Waals surface area contributed by atoms with Gasteiger partial charge in [-0.1, -0.05) is 0 Å². The number of nitrogens with two attached hydrogens (primary N) is 1. The second-order valence-corrected chi connectivity index (χ2v) is 1.21. The van der Waals surface area contributed by atoms with Crippen LogP contribution in [0.3, 0.4) is 0 Å². The first-order valence-electron chi connectivity index (χ1n) is 1.95. The topological polar surface area (TPSA) is 73.8 Å². The summed E-state index contributed by atoms with van der Waals surface area (Å²) >= 11 is 0. The number of nitrogen functional groups attached to an aromatic ring is 1. The molecule has 1 aromatic heterocycles. The molecule has 0 aliphatic rings. The number of hydrogen-bond acceptors (Lipinski definition) is 4. The van der Waals surface area contributed by atoms with E-state index in [4.69, 9.17) is 5.84 Å². The van der Waals surface area contributed by atoms with Crippen molar-refractivity contribution in [1.29, 1.82) is 0 Å². The average molecular weight is 112 g/mol. The lowest BCUT2D eigenvalue weighted by Crippen LogP contribution is -2.18. The van der Waals surface area contributed by atoms with Gasteiger partial charge in [0, 0.05) is 0 Å². The van der Waals surface area contributed by atoms with E-state index in [9.17, 15) is 4.79 Å². The van der Waals surface area contributed by atoms with Crippen molar-refractivity contribution in [1.82, 2.24) is 14.9 Å². The minimum atomic E-state index is -0.383. The lowest BCUT2D eigenvalue weighted by atomic mass is 10.9. The summed E-state index contributed by atoms with van der Waals surface area (Å²) in [5.41, 5.74) is -0.383. The van der Waals surface area contributed by atoms with E-state index in [0.29, 0.717) is 0 Å². The van der Waals surface area contributed by atoms with Crippen molar-refractivity contribution < 1.29 is 0 Å². The maximum Gasteiger partial charge on any atom is 0.291 e. The van der Waals surface area contributed by atoms with Crippen molar-refractivity contribution in [2.24, 2.45) is 0 Å². The summed E-state index contributed by atoms with van der Waals surface area (Å²) in [5.74, 6) is 5.03. The van der Waals surface area contributed by atoms with Gasteiger partial charge in [0.05, 0.1) is 0 Å². The van der Waals surface area contributed by atoms with Crippen molar-refractivity contribution >= 4 is 0 Å². The van der Waals surface area contributed by atoms with Crippen LogP contribution >= 0.6 is 0 Å². The Balaban J connectivity index is 3.22. The van der Waals surface area contributed by atoms with E-state index in [1.54, 1.807) is 0 Å². The molecule has 0 spiro atoms. The standard InChI is InChI=1S/C3H4N4O/c4-7-2-5-3(8)1-6-7/h1-2H,4H2. The van der Waals surface area contributed by atoms with Gasteiger partial charge < -0.3 is 5.84 Å². The average Bonchev–Trinajstić information content (AvgIpc) is 1.77. The first-order chi connectivity index (χ1) is 3.79. The number of rotatable bonds is 0. The van der Waals surface area contributed by atoms with Gasteiger partial charge in [0.25, 0.3) is 5.56 Å². The zero-order chi connectivity index (χ0) is 5.98. The first kappa shape index (κ1) is 4.76. The van der Waals surface area contributed by atoms with Crippen molar-refractivity contribution in [2.45, 2.75) is 0 Å². The zero-order valence-electron chi connectivity index (χ0n) is 3.98. The van der Waals surface area contributed by atoms with Crippen LogP contribution in [0.1, 0.15) is 0 Å². The Morgan fingerprint density at radius 2 is 2.50 bits per heavy atom. The summed E-state index contributed by atoms with van der Waals surface area (Å²) in [5, 5.41) is 3.40. The van der Waals surface area contributed by atoms with Crippen LogP contribution in [0.25, 0.3) is 0 Å². The van der Waals surface area contributed by atoms with Crippen molar-refractivity contribution in [3.05, 3.63) is 22.9 Å². The Labute approximate surface area is 44.7 Å². The minimum absolute atomic E-state index is 0.383. The van der Waals surface area contributed by atoms with E-state index in [2.05, 4.69) is 10.1 Å². The molecule has 0 aliphatic heterocycles. The maximum atomic E-state index is 10.2. The number of nitrogens with zero attached hydrogens (tertiary/aromatic N) is 3. The fourth-order valence-electron chi connectivity index (χ4n) is 0.295. The molecule has 5 heteroatoms. The van der Waals surface area contributed by atoms with E-state index in [0.717, 1.165) is 17.3 Å². The lowest BCUT2D eigenvalue weighted by Gasteiger charge is -1.87. The molecule has 0 radical (unpaired) electrons. The molecule has 1 heterocycles. The summed E-state index contributed by atoms with van der Waals surface area (Å²) in [6, 6.07) is 0.